The molecular weight excluding hydrogens is 262 g/mol. The molecule has 100 valence electrons. The highest BCUT2D eigenvalue weighted by Gasteiger charge is 2.08. The number of carbonyl (C=O) groups is 1. The zero-order valence-corrected chi connectivity index (χ0v) is 11.4. The van der Waals surface area contributed by atoms with Crippen LogP contribution < -0.4 is 15.8 Å². The number of nitrogens with two attached hydrogens (primary N) is 1. The lowest BCUT2D eigenvalue weighted by Gasteiger charge is -2.08. The Kier molecular flexibility index (Phi) is 4.35. The number of ether oxygens (including phenoxy) is 1. The predicted octanol–water partition coefficient (Wildman–Crippen LogP) is 1.71. The van der Waals surface area contributed by atoms with Gasteiger partial charge in [-0.05, 0) is 18.2 Å². The molecule has 1 amide bonds. The Hall–Kier alpha value is -2.08. The largest absolute Gasteiger partial charge is 0.495 e. The standard InChI is InChI=1S/C13H15N3O2S/c1-18-12-6-9(2-3-11(12)14)13(17)15-5-4-10-7-19-8-16-10/h2-3,6-8H,4-5,14H2,1H3,(H,15,17). The van der Waals surface area contributed by atoms with Crippen LogP contribution in [-0.4, -0.2) is 24.5 Å². The molecule has 0 spiro atoms. The molecule has 0 unspecified atom stereocenters. The van der Waals surface area contributed by atoms with Crippen LogP contribution in [-0.2, 0) is 6.42 Å². The van der Waals surface area contributed by atoms with E-state index in [0.717, 1.165) is 12.1 Å². The topological polar surface area (TPSA) is 77.2 Å². The number of benzene rings is 1. The van der Waals surface area contributed by atoms with Gasteiger partial charge in [-0.15, -0.1) is 11.3 Å². The van der Waals surface area contributed by atoms with Crippen LogP contribution in [0.5, 0.6) is 5.75 Å². The number of thiazole rings is 1. The van der Waals surface area contributed by atoms with Crippen LogP contribution in [0.2, 0.25) is 0 Å². The molecule has 5 nitrogen and oxygen atoms in total. The van der Waals surface area contributed by atoms with Gasteiger partial charge in [0.15, 0.2) is 0 Å². The molecule has 0 saturated carbocycles. The number of rotatable bonds is 5. The summed E-state index contributed by atoms with van der Waals surface area (Å²) in [5.41, 5.74) is 9.51. The molecule has 1 heterocycles. The van der Waals surface area contributed by atoms with Crippen molar-refractivity contribution in [3.63, 3.8) is 0 Å². The van der Waals surface area contributed by atoms with Gasteiger partial charge >= 0.3 is 0 Å². The first kappa shape index (κ1) is 13.4. The Labute approximate surface area is 115 Å². The lowest BCUT2D eigenvalue weighted by Crippen LogP contribution is -2.25. The molecule has 0 fully saturated rings. The van der Waals surface area contributed by atoms with Crippen molar-refractivity contribution in [3.05, 3.63) is 40.3 Å². The molecule has 0 aliphatic rings. The fourth-order valence-electron chi connectivity index (χ4n) is 1.62. The van der Waals surface area contributed by atoms with E-state index in [1.165, 1.54) is 7.11 Å². The van der Waals surface area contributed by atoms with Crippen molar-refractivity contribution in [2.24, 2.45) is 0 Å². The number of methoxy groups -OCH3 is 1. The number of aromatic nitrogens is 1. The van der Waals surface area contributed by atoms with Crippen LogP contribution in [0, 0.1) is 0 Å². The van der Waals surface area contributed by atoms with Crippen molar-refractivity contribution >= 4 is 22.9 Å². The third kappa shape index (κ3) is 3.45. The van der Waals surface area contributed by atoms with Crippen molar-refractivity contribution in [1.29, 1.82) is 0 Å². The summed E-state index contributed by atoms with van der Waals surface area (Å²) in [6.07, 6.45) is 0.724. The number of hydrogen-bond donors (Lipinski definition) is 2. The normalized spacial score (nSPS) is 10.2. The molecule has 3 N–H and O–H groups in total. The number of hydrogen-bond acceptors (Lipinski definition) is 5. The summed E-state index contributed by atoms with van der Waals surface area (Å²) >= 11 is 1.55. The molecule has 2 aromatic rings. The number of nitrogens with zero attached hydrogens (tertiary/aromatic N) is 1. The van der Waals surface area contributed by atoms with E-state index in [9.17, 15) is 4.79 Å². The maximum absolute atomic E-state index is 11.9. The van der Waals surface area contributed by atoms with Crippen LogP contribution in [0.1, 0.15) is 16.1 Å². The van der Waals surface area contributed by atoms with E-state index in [1.807, 2.05) is 5.38 Å². The highest BCUT2D eigenvalue weighted by molar-refractivity contribution is 7.07. The predicted molar refractivity (Wildman–Crippen MR) is 75.6 cm³/mol. The second-order valence-electron chi connectivity index (χ2n) is 3.94. The minimum atomic E-state index is -0.145. The minimum absolute atomic E-state index is 0.145. The van der Waals surface area contributed by atoms with Crippen LogP contribution in [0.4, 0.5) is 5.69 Å². The minimum Gasteiger partial charge on any atom is -0.495 e. The van der Waals surface area contributed by atoms with E-state index < -0.39 is 0 Å². The zero-order chi connectivity index (χ0) is 13.7. The average molecular weight is 277 g/mol. The van der Waals surface area contributed by atoms with Gasteiger partial charge in [-0.2, -0.15) is 0 Å². The van der Waals surface area contributed by atoms with Gasteiger partial charge in [0.25, 0.3) is 5.91 Å². The van der Waals surface area contributed by atoms with Gasteiger partial charge in [-0.25, -0.2) is 4.98 Å². The van der Waals surface area contributed by atoms with Crippen LogP contribution in [0.25, 0.3) is 0 Å². The Morgan fingerprint density at radius 3 is 3.05 bits per heavy atom. The summed E-state index contributed by atoms with van der Waals surface area (Å²) in [5, 5.41) is 4.81. The van der Waals surface area contributed by atoms with E-state index in [1.54, 1.807) is 35.0 Å². The molecule has 0 bridgehead atoms. The lowest BCUT2D eigenvalue weighted by atomic mass is 10.1. The second kappa shape index (κ2) is 6.19. The number of nitrogen functional groups attached to an aromatic ring is 1. The third-order valence-corrected chi connectivity index (χ3v) is 3.28. The van der Waals surface area contributed by atoms with Gasteiger partial charge < -0.3 is 15.8 Å². The SMILES string of the molecule is COc1cc(C(=O)NCCc2cscn2)ccc1N. The molecule has 0 aliphatic heterocycles. The maximum Gasteiger partial charge on any atom is 0.251 e. The molecule has 0 saturated heterocycles. The van der Waals surface area contributed by atoms with Crippen molar-refractivity contribution in [1.82, 2.24) is 10.3 Å². The van der Waals surface area contributed by atoms with E-state index in [2.05, 4.69) is 10.3 Å². The first-order valence-electron chi connectivity index (χ1n) is 5.79. The summed E-state index contributed by atoms with van der Waals surface area (Å²) in [7, 11) is 1.52. The lowest BCUT2D eigenvalue weighted by molar-refractivity contribution is 0.0954. The maximum atomic E-state index is 11.9. The van der Waals surface area contributed by atoms with Crippen molar-refractivity contribution in [2.45, 2.75) is 6.42 Å². The summed E-state index contributed by atoms with van der Waals surface area (Å²) in [6, 6.07) is 4.97. The highest BCUT2D eigenvalue weighted by Crippen LogP contribution is 2.21. The van der Waals surface area contributed by atoms with Gasteiger partial charge in [0.05, 0.1) is 24.0 Å². The Bertz CT molecular complexity index is 555. The summed E-state index contributed by atoms with van der Waals surface area (Å²) in [4.78, 5) is 16.1. The average Bonchev–Trinajstić information content (AvgIpc) is 2.92. The third-order valence-electron chi connectivity index (χ3n) is 2.65. The first-order valence-corrected chi connectivity index (χ1v) is 6.74. The molecule has 1 aromatic heterocycles. The molecule has 19 heavy (non-hydrogen) atoms. The molecule has 0 radical (unpaired) electrons. The van der Waals surface area contributed by atoms with E-state index in [0.29, 0.717) is 23.5 Å². The Morgan fingerprint density at radius 2 is 2.37 bits per heavy atom. The zero-order valence-electron chi connectivity index (χ0n) is 10.6. The van der Waals surface area contributed by atoms with Gasteiger partial charge in [0, 0.05) is 23.9 Å². The first-order chi connectivity index (χ1) is 9.20. The molecular formula is C13H15N3O2S. The van der Waals surface area contributed by atoms with E-state index in [4.69, 9.17) is 10.5 Å². The second-order valence-corrected chi connectivity index (χ2v) is 4.66. The van der Waals surface area contributed by atoms with Crippen molar-refractivity contribution < 1.29 is 9.53 Å². The quantitative estimate of drug-likeness (QED) is 0.816. The summed E-state index contributed by atoms with van der Waals surface area (Å²) in [5.74, 6) is 0.362. The summed E-state index contributed by atoms with van der Waals surface area (Å²) in [6.45, 7) is 0.551. The smallest absolute Gasteiger partial charge is 0.251 e. The number of carbonyl (C=O) groups excluding carboxylic acids is 1. The van der Waals surface area contributed by atoms with Gasteiger partial charge in [-0.3, -0.25) is 4.79 Å². The molecule has 2 rings (SSSR count). The van der Waals surface area contributed by atoms with Crippen molar-refractivity contribution in [2.75, 3.05) is 19.4 Å². The Morgan fingerprint density at radius 1 is 1.53 bits per heavy atom. The highest BCUT2D eigenvalue weighted by atomic mass is 32.1. The van der Waals surface area contributed by atoms with E-state index in [-0.39, 0.29) is 5.91 Å². The number of nitrogens with one attached hydrogen (secondary N) is 1. The van der Waals surface area contributed by atoms with E-state index >= 15 is 0 Å². The summed E-state index contributed by atoms with van der Waals surface area (Å²) < 4.78 is 5.09. The fraction of sp³-hybridized carbons (Fsp3) is 0.231. The van der Waals surface area contributed by atoms with Gasteiger partial charge in [0.2, 0.25) is 0 Å². The van der Waals surface area contributed by atoms with Gasteiger partial charge in [0.1, 0.15) is 5.75 Å². The molecule has 0 atom stereocenters. The van der Waals surface area contributed by atoms with Crippen LogP contribution in [0.15, 0.2) is 29.1 Å². The number of anilines is 1. The monoisotopic (exact) mass is 277 g/mol. The van der Waals surface area contributed by atoms with Crippen LogP contribution in [0.3, 0.4) is 0 Å². The Balaban J connectivity index is 1.92. The molecule has 6 heteroatoms. The van der Waals surface area contributed by atoms with Crippen LogP contribution >= 0.6 is 11.3 Å². The number of amides is 1. The fourth-order valence-corrected chi connectivity index (χ4v) is 2.21. The molecule has 1 aromatic carbocycles. The molecule has 0 aliphatic carbocycles. The van der Waals surface area contributed by atoms with Gasteiger partial charge in [-0.1, -0.05) is 0 Å². The van der Waals surface area contributed by atoms with Crippen molar-refractivity contribution in [3.8, 4) is 5.75 Å².